The lowest BCUT2D eigenvalue weighted by Crippen LogP contribution is -2.29. The van der Waals surface area contributed by atoms with E-state index in [-0.39, 0.29) is 6.29 Å². The summed E-state index contributed by atoms with van der Waals surface area (Å²) in [7, 11) is 0. The van der Waals surface area contributed by atoms with Crippen LogP contribution in [0.1, 0.15) is 103 Å². The van der Waals surface area contributed by atoms with Crippen LogP contribution in [0.15, 0.2) is 0 Å². The van der Waals surface area contributed by atoms with Gasteiger partial charge in [-0.1, -0.05) is 45.4 Å². The maximum atomic E-state index is 12.6. The Morgan fingerprint density at radius 2 is 1.44 bits per heavy atom. The standard InChI is InChI=1S/C24H42O3/c1-2-3-4-6-19-7-9-20(10-8-19)21-11-13-22(14-12-21)23(25)15-16-24-26-17-5-18-27-24/h19-22,24H,2-18H2,1H3. The quantitative estimate of drug-likeness (QED) is 0.442. The van der Waals surface area contributed by atoms with Gasteiger partial charge in [-0.15, -0.1) is 0 Å². The molecule has 0 amide bonds. The van der Waals surface area contributed by atoms with E-state index in [4.69, 9.17) is 9.47 Å². The topological polar surface area (TPSA) is 35.5 Å². The van der Waals surface area contributed by atoms with Gasteiger partial charge in [0.15, 0.2) is 6.29 Å². The highest BCUT2D eigenvalue weighted by Crippen LogP contribution is 2.42. The zero-order valence-corrected chi connectivity index (χ0v) is 17.6. The Morgan fingerprint density at radius 1 is 0.815 bits per heavy atom. The molecule has 0 aromatic rings. The first-order valence-electron chi connectivity index (χ1n) is 12.0. The fourth-order valence-corrected chi connectivity index (χ4v) is 5.71. The molecule has 0 aromatic carbocycles. The first kappa shape index (κ1) is 21.3. The number of hydrogen-bond acceptors (Lipinski definition) is 3. The highest BCUT2D eigenvalue weighted by molar-refractivity contribution is 5.81. The average Bonchev–Trinajstić information content (AvgIpc) is 2.74. The number of unbranched alkanes of at least 4 members (excludes halogenated alkanes) is 2. The number of Topliss-reactive ketones (excluding diaryl/α,β-unsaturated/α-hetero) is 1. The zero-order chi connectivity index (χ0) is 18.9. The second-order valence-electron chi connectivity index (χ2n) is 9.42. The number of carbonyl (C=O) groups is 1. The van der Waals surface area contributed by atoms with Crippen molar-refractivity contribution in [2.24, 2.45) is 23.7 Å². The molecule has 3 rings (SSSR count). The van der Waals surface area contributed by atoms with Gasteiger partial charge in [0.25, 0.3) is 0 Å². The van der Waals surface area contributed by atoms with E-state index in [1.54, 1.807) is 0 Å². The summed E-state index contributed by atoms with van der Waals surface area (Å²) in [6.07, 6.45) is 18.6. The van der Waals surface area contributed by atoms with Crippen LogP contribution in [-0.4, -0.2) is 25.3 Å². The summed E-state index contributed by atoms with van der Waals surface area (Å²) in [4.78, 5) is 12.6. The summed E-state index contributed by atoms with van der Waals surface area (Å²) in [6, 6.07) is 0. The summed E-state index contributed by atoms with van der Waals surface area (Å²) < 4.78 is 11.2. The molecule has 0 bridgehead atoms. The van der Waals surface area contributed by atoms with Crippen molar-refractivity contribution in [1.82, 2.24) is 0 Å². The second kappa shape index (κ2) is 11.6. The van der Waals surface area contributed by atoms with Gasteiger partial charge in [0, 0.05) is 18.8 Å². The van der Waals surface area contributed by atoms with Crippen molar-refractivity contribution in [3.05, 3.63) is 0 Å². The fraction of sp³-hybridized carbons (Fsp3) is 0.958. The fourth-order valence-electron chi connectivity index (χ4n) is 5.71. The molecule has 1 aliphatic heterocycles. The molecule has 27 heavy (non-hydrogen) atoms. The summed E-state index contributed by atoms with van der Waals surface area (Å²) in [5, 5.41) is 0. The molecule has 0 unspecified atom stereocenters. The summed E-state index contributed by atoms with van der Waals surface area (Å²) in [5.41, 5.74) is 0. The van der Waals surface area contributed by atoms with Gasteiger partial charge in [0.05, 0.1) is 13.2 Å². The van der Waals surface area contributed by atoms with E-state index in [1.807, 2.05) is 0 Å². The molecule has 3 aliphatic rings. The minimum atomic E-state index is -0.133. The monoisotopic (exact) mass is 378 g/mol. The van der Waals surface area contributed by atoms with Crippen LogP contribution >= 0.6 is 0 Å². The molecule has 1 saturated heterocycles. The number of hydrogen-bond donors (Lipinski definition) is 0. The molecule has 0 spiro atoms. The van der Waals surface area contributed by atoms with E-state index >= 15 is 0 Å². The maximum absolute atomic E-state index is 12.6. The Kier molecular flexibility index (Phi) is 9.12. The van der Waals surface area contributed by atoms with Crippen LogP contribution < -0.4 is 0 Å². The van der Waals surface area contributed by atoms with Gasteiger partial charge >= 0.3 is 0 Å². The van der Waals surface area contributed by atoms with Gasteiger partial charge in [-0.05, 0) is 62.7 Å². The van der Waals surface area contributed by atoms with Crippen LogP contribution in [0, 0.1) is 23.7 Å². The number of carbonyl (C=O) groups excluding carboxylic acids is 1. The Labute approximate surface area is 167 Å². The molecule has 2 saturated carbocycles. The van der Waals surface area contributed by atoms with E-state index in [2.05, 4.69) is 6.92 Å². The van der Waals surface area contributed by atoms with Gasteiger partial charge in [-0.2, -0.15) is 0 Å². The molecular weight excluding hydrogens is 336 g/mol. The minimum absolute atomic E-state index is 0.133. The first-order valence-corrected chi connectivity index (χ1v) is 12.0. The van der Waals surface area contributed by atoms with Crippen molar-refractivity contribution in [2.45, 2.75) is 110 Å². The van der Waals surface area contributed by atoms with Gasteiger partial charge in [-0.25, -0.2) is 0 Å². The van der Waals surface area contributed by atoms with E-state index in [0.717, 1.165) is 56.7 Å². The van der Waals surface area contributed by atoms with Crippen molar-refractivity contribution in [2.75, 3.05) is 13.2 Å². The molecule has 0 N–H and O–H groups in total. The van der Waals surface area contributed by atoms with Crippen LogP contribution in [0.3, 0.4) is 0 Å². The van der Waals surface area contributed by atoms with Gasteiger partial charge in [-0.3, -0.25) is 4.79 Å². The molecular formula is C24H42O3. The van der Waals surface area contributed by atoms with Gasteiger partial charge in [0.1, 0.15) is 5.78 Å². The lowest BCUT2D eigenvalue weighted by molar-refractivity contribution is -0.182. The van der Waals surface area contributed by atoms with E-state index in [9.17, 15) is 4.79 Å². The smallest absolute Gasteiger partial charge is 0.157 e. The lowest BCUT2D eigenvalue weighted by atomic mass is 9.68. The third-order valence-corrected chi connectivity index (χ3v) is 7.52. The van der Waals surface area contributed by atoms with Crippen LogP contribution in [0.5, 0.6) is 0 Å². The maximum Gasteiger partial charge on any atom is 0.157 e. The Bertz CT molecular complexity index is 413. The molecule has 0 aromatic heterocycles. The zero-order valence-electron chi connectivity index (χ0n) is 17.6. The van der Waals surface area contributed by atoms with Crippen molar-refractivity contribution in [3.8, 4) is 0 Å². The third kappa shape index (κ3) is 6.85. The van der Waals surface area contributed by atoms with Crippen molar-refractivity contribution in [3.63, 3.8) is 0 Å². The average molecular weight is 379 g/mol. The summed E-state index contributed by atoms with van der Waals surface area (Å²) in [6.45, 7) is 3.87. The molecule has 3 fully saturated rings. The second-order valence-corrected chi connectivity index (χ2v) is 9.42. The van der Waals surface area contributed by atoms with Crippen LogP contribution in [-0.2, 0) is 14.3 Å². The lowest BCUT2D eigenvalue weighted by Gasteiger charge is -2.37. The SMILES string of the molecule is CCCCCC1CCC(C2CCC(C(=O)CCC3OCCCO3)CC2)CC1. The normalized spacial score (nSPS) is 33.1. The first-order chi connectivity index (χ1) is 13.3. The van der Waals surface area contributed by atoms with Crippen molar-refractivity contribution in [1.29, 1.82) is 0 Å². The van der Waals surface area contributed by atoms with Crippen LogP contribution in [0.25, 0.3) is 0 Å². The number of rotatable bonds is 9. The highest BCUT2D eigenvalue weighted by atomic mass is 16.7. The minimum Gasteiger partial charge on any atom is -0.353 e. The summed E-state index contributed by atoms with van der Waals surface area (Å²) >= 11 is 0. The predicted molar refractivity (Wildman–Crippen MR) is 110 cm³/mol. The molecule has 3 heteroatoms. The van der Waals surface area contributed by atoms with E-state index in [0.29, 0.717) is 18.1 Å². The van der Waals surface area contributed by atoms with E-state index in [1.165, 1.54) is 64.2 Å². The largest absolute Gasteiger partial charge is 0.353 e. The van der Waals surface area contributed by atoms with Crippen molar-refractivity contribution >= 4 is 5.78 Å². The Hall–Kier alpha value is -0.410. The van der Waals surface area contributed by atoms with Gasteiger partial charge in [0.2, 0.25) is 0 Å². The van der Waals surface area contributed by atoms with Crippen LogP contribution in [0.2, 0.25) is 0 Å². The molecule has 156 valence electrons. The van der Waals surface area contributed by atoms with Crippen LogP contribution in [0.4, 0.5) is 0 Å². The molecule has 1 heterocycles. The van der Waals surface area contributed by atoms with E-state index < -0.39 is 0 Å². The third-order valence-electron chi connectivity index (χ3n) is 7.52. The molecule has 2 aliphatic carbocycles. The molecule has 3 nitrogen and oxygen atoms in total. The predicted octanol–water partition coefficient (Wildman–Crippen LogP) is 6.29. The summed E-state index contributed by atoms with van der Waals surface area (Å²) in [5.74, 6) is 3.64. The molecule has 0 radical (unpaired) electrons. The van der Waals surface area contributed by atoms with Crippen molar-refractivity contribution < 1.29 is 14.3 Å². The van der Waals surface area contributed by atoms with Gasteiger partial charge < -0.3 is 9.47 Å². The Balaban J connectivity index is 1.30. The number of ether oxygens (including phenoxy) is 2. The highest BCUT2D eigenvalue weighted by Gasteiger charge is 2.32. The molecule has 0 atom stereocenters. The number of ketones is 1. The Morgan fingerprint density at radius 3 is 2.07 bits per heavy atom.